The summed E-state index contributed by atoms with van der Waals surface area (Å²) in [5.41, 5.74) is 2.37. The molecular formula is C19H19N3O2S. The van der Waals surface area contributed by atoms with Crippen molar-refractivity contribution in [3.05, 3.63) is 53.9 Å². The number of carbonyl (C=O) groups excluding carboxylic acids is 1. The maximum atomic E-state index is 13.1. The van der Waals surface area contributed by atoms with Crippen LogP contribution in [0, 0.1) is 6.92 Å². The molecule has 1 amide bonds. The van der Waals surface area contributed by atoms with Crippen molar-refractivity contribution >= 4 is 32.6 Å². The molecule has 3 aromatic rings. The van der Waals surface area contributed by atoms with Gasteiger partial charge in [-0.25, -0.2) is 4.98 Å². The van der Waals surface area contributed by atoms with Gasteiger partial charge in [0.1, 0.15) is 0 Å². The number of carbonyl (C=O) groups is 1. The summed E-state index contributed by atoms with van der Waals surface area (Å²) >= 11 is 1.53. The zero-order valence-electron chi connectivity index (χ0n) is 14.0. The van der Waals surface area contributed by atoms with Crippen molar-refractivity contribution in [2.75, 3.05) is 18.1 Å². The molecule has 0 saturated carbocycles. The number of amides is 1. The van der Waals surface area contributed by atoms with Gasteiger partial charge in [0.25, 0.3) is 5.91 Å². The molecule has 0 bridgehead atoms. The van der Waals surface area contributed by atoms with Crippen LogP contribution in [0.2, 0.25) is 0 Å². The summed E-state index contributed by atoms with van der Waals surface area (Å²) in [5.74, 6) is -0.0814. The lowest BCUT2D eigenvalue weighted by Crippen LogP contribution is -2.37. The molecule has 128 valence electrons. The number of benzene rings is 1. The van der Waals surface area contributed by atoms with Gasteiger partial charge >= 0.3 is 0 Å². The number of ether oxygens (including phenoxy) is 1. The van der Waals surface area contributed by atoms with E-state index in [2.05, 4.69) is 9.97 Å². The topological polar surface area (TPSA) is 55.3 Å². The van der Waals surface area contributed by atoms with Crippen molar-refractivity contribution in [2.24, 2.45) is 0 Å². The van der Waals surface area contributed by atoms with Gasteiger partial charge < -0.3 is 4.74 Å². The average Bonchev–Trinajstić information content (AvgIpc) is 3.29. The molecule has 0 unspecified atom stereocenters. The zero-order chi connectivity index (χ0) is 17.2. The normalized spacial score (nSPS) is 17.1. The molecule has 1 aliphatic rings. The Kier molecular flexibility index (Phi) is 4.46. The van der Waals surface area contributed by atoms with Crippen LogP contribution in [0.25, 0.3) is 10.2 Å². The molecule has 4 rings (SSSR count). The van der Waals surface area contributed by atoms with Gasteiger partial charge in [-0.1, -0.05) is 23.5 Å². The van der Waals surface area contributed by atoms with Gasteiger partial charge in [-0.3, -0.25) is 14.7 Å². The van der Waals surface area contributed by atoms with Crippen molar-refractivity contribution in [1.29, 1.82) is 0 Å². The van der Waals surface area contributed by atoms with Crippen molar-refractivity contribution in [3.63, 3.8) is 0 Å². The second kappa shape index (κ2) is 6.90. The Morgan fingerprint density at radius 2 is 2.20 bits per heavy atom. The van der Waals surface area contributed by atoms with Gasteiger partial charge in [-0.2, -0.15) is 0 Å². The summed E-state index contributed by atoms with van der Waals surface area (Å²) in [5, 5.41) is 0.710. The van der Waals surface area contributed by atoms with Gasteiger partial charge in [0.15, 0.2) is 5.13 Å². The third-order valence-electron chi connectivity index (χ3n) is 4.33. The first-order valence-corrected chi connectivity index (χ1v) is 9.24. The first-order chi connectivity index (χ1) is 12.2. The van der Waals surface area contributed by atoms with Crippen LogP contribution in [0.3, 0.4) is 0 Å². The number of fused-ring (bicyclic) bond motifs is 1. The molecule has 1 saturated heterocycles. The van der Waals surface area contributed by atoms with E-state index in [1.807, 2.05) is 43.3 Å². The zero-order valence-corrected chi connectivity index (χ0v) is 14.8. The highest BCUT2D eigenvalue weighted by Crippen LogP contribution is 2.30. The number of anilines is 1. The monoisotopic (exact) mass is 353 g/mol. The number of nitrogens with zero attached hydrogens (tertiary/aromatic N) is 3. The van der Waals surface area contributed by atoms with E-state index >= 15 is 0 Å². The minimum absolute atomic E-state index is 0.0642. The molecule has 0 radical (unpaired) electrons. The van der Waals surface area contributed by atoms with E-state index in [0.717, 1.165) is 35.4 Å². The van der Waals surface area contributed by atoms with Crippen LogP contribution in [0.1, 0.15) is 28.9 Å². The molecule has 1 fully saturated rings. The number of hydrogen-bond donors (Lipinski definition) is 0. The van der Waals surface area contributed by atoms with Crippen LogP contribution in [-0.2, 0) is 4.74 Å². The van der Waals surface area contributed by atoms with Crippen molar-refractivity contribution < 1.29 is 9.53 Å². The largest absolute Gasteiger partial charge is 0.376 e. The Labute approximate surface area is 150 Å². The number of para-hydroxylation sites is 1. The maximum absolute atomic E-state index is 13.1. The van der Waals surface area contributed by atoms with Gasteiger partial charge in [0.2, 0.25) is 0 Å². The summed E-state index contributed by atoms with van der Waals surface area (Å²) in [6.45, 7) is 3.19. The Hall–Kier alpha value is -2.31. The van der Waals surface area contributed by atoms with Crippen LogP contribution in [0.5, 0.6) is 0 Å². The van der Waals surface area contributed by atoms with E-state index < -0.39 is 0 Å². The Morgan fingerprint density at radius 1 is 1.32 bits per heavy atom. The fourth-order valence-electron chi connectivity index (χ4n) is 2.97. The Bertz CT molecular complexity index is 852. The minimum atomic E-state index is -0.0814. The SMILES string of the molecule is Cc1ccc(C(=O)N(C[C@H]2CCCO2)c2nc3ccccc3s2)cn1. The minimum Gasteiger partial charge on any atom is -0.376 e. The highest BCUT2D eigenvalue weighted by Gasteiger charge is 2.27. The molecule has 0 N–H and O–H groups in total. The first kappa shape index (κ1) is 16.2. The molecule has 1 aromatic carbocycles. The number of aromatic nitrogens is 2. The van der Waals surface area contributed by atoms with Crippen molar-refractivity contribution in [3.8, 4) is 0 Å². The maximum Gasteiger partial charge on any atom is 0.261 e. The van der Waals surface area contributed by atoms with E-state index in [0.29, 0.717) is 17.2 Å². The van der Waals surface area contributed by atoms with Crippen molar-refractivity contribution in [2.45, 2.75) is 25.9 Å². The molecule has 25 heavy (non-hydrogen) atoms. The van der Waals surface area contributed by atoms with Gasteiger partial charge in [-0.05, 0) is 44.0 Å². The van der Waals surface area contributed by atoms with E-state index in [4.69, 9.17) is 4.74 Å². The molecular weight excluding hydrogens is 334 g/mol. The van der Waals surface area contributed by atoms with Gasteiger partial charge in [0, 0.05) is 18.5 Å². The molecule has 3 heterocycles. The van der Waals surface area contributed by atoms with E-state index in [1.165, 1.54) is 11.3 Å². The highest BCUT2D eigenvalue weighted by atomic mass is 32.1. The third kappa shape index (κ3) is 3.41. The summed E-state index contributed by atoms with van der Waals surface area (Å²) in [4.78, 5) is 23.8. The molecule has 0 aliphatic carbocycles. The molecule has 1 aliphatic heterocycles. The Balaban J connectivity index is 1.69. The van der Waals surface area contributed by atoms with E-state index in [-0.39, 0.29) is 12.0 Å². The Morgan fingerprint density at radius 3 is 2.92 bits per heavy atom. The molecule has 5 nitrogen and oxygen atoms in total. The standard InChI is InChI=1S/C19H19N3O2S/c1-13-8-9-14(11-20-13)18(23)22(12-15-5-4-10-24-15)19-21-16-6-2-3-7-17(16)25-19/h2-3,6-9,11,15H,4-5,10,12H2,1H3/t15-/m1/s1. The van der Waals surface area contributed by atoms with Crippen LogP contribution in [-0.4, -0.2) is 35.1 Å². The molecule has 1 atom stereocenters. The summed E-state index contributed by atoms with van der Waals surface area (Å²) in [6, 6.07) is 11.6. The summed E-state index contributed by atoms with van der Waals surface area (Å²) < 4.78 is 6.83. The van der Waals surface area contributed by atoms with Crippen LogP contribution >= 0.6 is 11.3 Å². The summed E-state index contributed by atoms with van der Waals surface area (Å²) in [6.07, 6.45) is 3.71. The van der Waals surface area contributed by atoms with Crippen LogP contribution in [0.15, 0.2) is 42.6 Å². The molecule has 0 spiro atoms. The number of hydrogen-bond acceptors (Lipinski definition) is 5. The second-order valence-corrected chi connectivity index (χ2v) is 7.21. The van der Waals surface area contributed by atoms with E-state index in [9.17, 15) is 4.79 Å². The summed E-state index contributed by atoms with van der Waals surface area (Å²) in [7, 11) is 0. The molecule has 6 heteroatoms. The fourth-order valence-corrected chi connectivity index (χ4v) is 3.94. The lowest BCUT2D eigenvalue weighted by Gasteiger charge is -2.23. The number of pyridine rings is 1. The van der Waals surface area contributed by atoms with Crippen molar-refractivity contribution in [1.82, 2.24) is 9.97 Å². The average molecular weight is 353 g/mol. The lowest BCUT2D eigenvalue weighted by molar-refractivity contribution is 0.0917. The number of thiazole rings is 1. The lowest BCUT2D eigenvalue weighted by atomic mass is 10.2. The quantitative estimate of drug-likeness (QED) is 0.715. The predicted octanol–water partition coefficient (Wildman–Crippen LogP) is 3.83. The number of rotatable bonds is 4. The fraction of sp³-hybridized carbons (Fsp3) is 0.316. The van der Waals surface area contributed by atoms with Crippen LogP contribution in [0.4, 0.5) is 5.13 Å². The predicted molar refractivity (Wildman–Crippen MR) is 99.2 cm³/mol. The third-order valence-corrected chi connectivity index (χ3v) is 5.39. The molecule has 2 aromatic heterocycles. The van der Waals surface area contributed by atoms with E-state index in [1.54, 1.807) is 11.1 Å². The first-order valence-electron chi connectivity index (χ1n) is 8.42. The van der Waals surface area contributed by atoms with Gasteiger partial charge in [-0.15, -0.1) is 0 Å². The highest BCUT2D eigenvalue weighted by molar-refractivity contribution is 7.22. The second-order valence-electron chi connectivity index (χ2n) is 6.20. The van der Waals surface area contributed by atoms with Gasteiger partial charge in [0.05, 0.1) is 28.4 Å². The van der Waals surface area contributed by atoms with Crippen LogP contribution < -0.4 is 4.90 Å². The smallest absolute Gasteiger partial charge is 0.261 e. The number of aryl methyl sites for hydroxylation is 1.